The lowest BCUT2D eigenvalue weighted by molar-refractivity contribution is -0.169. The first kappa shape index (κ1) is 46.4. The maximum absolute atomic E-state index is 13.4. The molecule has 5 aromatic rings. The minimum absolute atomic E-state index is 0.00988. The molecular formula is C45H57ClN4O8S2Si. The highest BCUT2D eigenvalue weighted by atomic mass is 35.5. The van der Waals surface area contributed by atoms with Crippen molar-refractivity contribution >= 4 is 71.1 Å². The second-order valence-electron chi connectivity index (χ2n) is 17.2. The lowest BCUT2D eigenvalue weighted by atomic mass is 9.91. The van der Waals surface area contributed by atoms with Crippen molar-refractivity contribution < 1.29 is 33.7 Å². The fourth-order valence-corrected chi connectivity index (χ4v) is 10.7. The number of ether oxygens (including phenoxy) is 2. The number of pyridine rings is 1. The van der Waals surface area contributed by atoms with Gasteiger partial charge in [0.15, 0.2) is 8.32 Å². The van der Waals surface area contributed by atoms with E-state index in [4.69, 9.17) is 25.5 Å². The third-order valence-corrected chi connectivity index (χ3v) is 18.8. The number of rotatable bonds is 17. The van der Waals surface area contributed by atoms with Crippen LogP contribution in [0.1, 0.15) is 79.9 Å². The van der Waals surface area contributed by atoms with Gasteiger partial charge >= 0.3 is 5.97 Å². The van der Waals surface area contributed by atoms with E-state index in [-0.39, 0.29) is 40.8 Å². The van der Waals surface area contributed by atoms with Crippen LogP contribution in [0.5, 0.6) is 11.5 Å². The number of carbonyl (C=O) groups excluding carboxylic acids is 2. The van der Waals surface area contributed by atoms with Gasteiger partial charge in [0.25, 0.3) is 0 Å². The van der Waals surface area contributed by atoms with E-state index >= 15 is 0 Å². The number of hydrogen-bond acceptors (Lipinski definition) is 12. The lowest BCUT2D eigenvalue weighted by Gasteiger charge is -2.39. The molecule has 1 fully saturated rings. The van der Waals surface area contributed by atoms with Crippen LogP contribution in [-0.4, -0.2) is 79.7 Å². The molecule has 5 N–H and O–H groups in total. The largest absolute Gasteiger partial charge is 0.506 e. The fourth-order valence-electron chi connectivity index (χ4n) is 7.45. The van der Waals surface area contributed by atoms with Gasteiger partial charge in [-0.15, -0.1) is 22.7 Å². The molecule has 16 heteroatoms. The summed E-state index contributed by atoms with van der Waals surface area (Å²) in [5, 5.41) is 33.3. The number of benzene rings is 2. The summed E-state index contributed by atoms with van der Waals surface area (Å²) in [4.78, 5) is 44.8. The van der Waals surface area contributed by atoms with Gasteiger partial charge in [-0.3, -0.25) is 9.59 Å². The highest BCUT2D eigenvalue weighted by Gasteiger charge is 2.45. The van der Waals surface area contributed by atoms with E-state index in [2.05, 4.69) is 54.4 Å². The quantitative estimate of drug-likeness (QED) is 0.0450. The molecule has 0 radical (unpaired) electrons. The Morgan fingerprint density at radius 3 is 2.30 bits per heavy atom. The molecule has 1 aliphatic rings. The maximum Gasteiger partial charge on any atom is 0.349 e. The first-order chi connectivity index (χ1) is 28.9. The summed E-state index contributed by atoms with van der Waals surface area (Å²) in [5.74, 6) is -0.283. The number of phenolic OH excluding ortho intramolecular Hbond substituents is 1. The Labute approximate surface area is 371 Å². The highest BCUT2D eigenvalue weighted by Crippen LogP contribution is 2.42. The third-order valence-electron chi connectivity index (χ3n) is 12.1. The number of hydrogen-bond donors (Lipinski definition) is 5. The molecule has 3 aromatic heterocycles. The Balaban J connectivity index is 1.02. The molecule has 0 aliphatic heterocycles. The molecule has 0 spiro atoms. The summed E-state index contributed by atoms with van der Waals surface area (Å²) >= 11 is 9.41. The molecule has 2 aromatic carbocycles. The van der Waals surface area contributed by atoms with Gasteiger partial charge in [0, 0.05) is 55.2 Å². The number of H-pyrrole nitrogens is 1. The number of carbonyl (C=O) groups is 2. The Morgan fingerprint density at radius 1 is 1.02 bits per heavy atom. The van der Waals surface area contributed by atoms with E-state index in [1.165, 1.54) is 28.7 Å². The van der Waals surface area contributed by atoms with Crippen LogP contribution < -0.4 is 20.9 Å². The molecule has 1 aliphatic carbocycles. The predicted octanol–water partition coefficient (Wildman–Crippen LogP) is 8.92. The van der Waals surface area contributed by atoms with Gasteiger partial charge in [-0.1, -0.05) is 50.6 Å². The van der Waals surface area contributed by atoms with E-state index in [0.717, 1.165) is 24.0 Å². The molecule has 0 saturated heterocycles. The lowest BCUT2D eigenvalue weighted by Crippen LogP contribution is -2.43. The van der Waals surface area contributed by atoms with Crippen LogP contribution in [0.2, 0.25) is 23.2 Å². The molecule has 0 unspecified atom stereocenters. The SMILES string of the molecule is COc1cc(NC(=O)CCN(C)[C@H]2CC[C@H](OC(=O)C(O)(c3cccs3)c3cccs3)CC2)c(Cl)cc1CNC[C@H](O[Si](C)(C)C(C)(C)C)c1ccc(O)c2[nH]c(=O)ccc12. The molecule has 61 heavy (non-hydrogen) atoms. The summed E-state index contributed by atoms with van der Waals surface area (Å²) in [7, 11) is 1.29. The van der Waals surface area contributed by atoms with Crippen molar-refractivity contribution in [3.63, 3.8) is 0 Å². The van der Waals surface area contributed by atoms with Crippen LogP contribution in [-0.2, 0) is 30.9 Å². The number of fused-ring (bicyclic) bond motifs is 1. The molecule has 3 heterocycles. The van der Waals surface area contributed by atoms with Gasteiger partial charge in [-0.05, 0) is 97.5 Å². The molecular weight excluding hydrogens is 852 g/mol. The number of aromatic amines is 1. The number of aromatic hydroxyl groups is 1. The van der Waals surface area contributed by atoms with Crippen LogP contribution in [0.25, 0.3) is 10.9 Å². The van der Waals surface area contributed by atoms with Gasteiger partial charge in [0.1, 0.15) is 17.6 Å². The number of aromatic nitrogens is 1. The molecule has 0 bridgehead atoms. The van der Waals surface area contributed by atoms with Crippen LogP contribution >= 0.6 is 34.3 Å². The van der Waals surface area contributed by atoms with Crippen molar-refractivity contribution in [1.82, 2.24) is 15.2 Å². The number of nitrogens with one attached hydrogen (secondary N) is 3. The number of methoxy groups -OCH3 is 1. The second-order valence-corrected chi connectivity index (χ2v) is 24.3. The number of phenols is 1. The Kier molecular flexibility index (Phi) is 14.9. The Morgan fingerprint density at radius 2 is 1.69 bits per heavy atom. The first-order valence-electron chi connectivity index (χ1n) is 20.5. The molecule has 1 amide bonds. The third kappa shape index (κ3) is 10.8. The van der Waals surface area contributed by atoms with E-state index < -0.39 is 26.0 Å². The van der Waals surface area contributed by atoms with Gasteiger partial charge < -0.3 is 44.6 Å². The van der Waals surface area contributed by atoms with Crippen molar-refractivity contribution in [3.05, 3.63) is 108 Å². The summed E-state index contributed by atoms with van der Waals surface area (Å²) in [5.41, 5.74) is 0.324. The zero-order valence-corrected chi connectivity index (χ0v) is 39.2. The van der Waals surface area contributed by atoms with Gasteiger partial charge in [-0.2, -0.15) is 0 Å². The normalized spacial score (nSPS) is 16.8. The summed E-state index contributed by atoms with van der Waals surface area (Å²) in [6.07, 6.45) is 2.45. The number of esters is 1. The smallest absolute Gasteiger partial charge is 0.349 e. The molecule has 328 valence electrons. The van der Waals surface area contributed by atoms with E-state index in [1.807, 2.05) is 36.0 Å². The summed E-state index contributed by atoms with van der Waals surface area (Å²) < 4.78 is 18.6. The fraction of sp³-hybridized carbons (Fsp3) is 0.444. The Hall–Kier alpha value is -4.06. The average molecular weight is 910 g/mol. The minimum atomic E-state index is -2.28. The van der Waals surface area contributed by atoms with E-state index in [1.54, 1.807) is 43.5 Å². The van der Waals surface area contributed by atoms with Gasteiger partial charge in [0.05, 0.1) is 39.2 Å². The van der Waals surface area contributed by atoms with Crippen molar-refractivity contribution in [2.75, 3.05) is 32.6 Å². The summed E-state index contributed by atoms with van der Waals surface area (Å²) in [6.45, 7) is 12.2. The van der Waals surface area contributed by atoms with Gasteiger partial charge in [-0.25, -0.2) is 4.79 Å². The molecule has 1 atom stereocenters. The minimum Gasteiger partial charge on any atom is -0.506 e. The van der Waals surface area contributed by atoms with Crippen LogP contribution in [0.15, 0.2) is 76.2 Å². The van der Waals surface area contributed by atoms with E-state index in [0.29, 0.717) is 69.6 Å². The predicted molar refractivity (Wildman–Crippen MR) is 247 cm³/mol. The second kappa shape index (κ2) is 19.5. The number of halogens is 1. The first-order valence-corrected chi connectivity index (χ1v) is 25.6. The topological polar surface area (TPSA) is 162 Å². The summed E-state index contributed by atoms with van der Waals surface area (Å²) in [6, 6.07) is 17.5. The number of thiophene rings is 2. The van der Waals surface area contributed by atoms with Crippen LogP contribution in [0.3, 0.4) is 0 Å². The van der Waals surface area contributed by atoms with E-state index in [9.17, 15) is 24.6 Å². The maximum atomic E-state index is 13.4. The number of nitrogens with zero attached hydrogens (tertiary/aromatic N) is 1. The van der Waals surface area contributed by atoms with Crippen molar-refractivity contribution in [2.24, 2.45) is 0 Å². The zero-order valence-electron chi connectivity index (χ0n) is 35.8. The van der Waals surface area contributed by atoms with Crippen molar-refractivity contribution in [1.29, 1.82) is 0 Å². The standard InChI is InChI=1S/C45H57ClN4O8S2Si/c1-44(2,3)61(6,7)58-37(31-16-18-35(51)42-32(31)17-19-40(52)49-42)27-47-26-28-24-33(46)34(25-36(28)56-5)48-41(53)20-21-50(4)29-12-14-30(15-13-29)57-43(54)45(55,38-10-8-22-59-38)39-11-9-23-60-39/h8-11,16-19,22-25,29-30,37,47,51,55H,12-15,20-21,26-27H2,1-7H3,(H,48,53)(H,49,52)/t29-,30-,37-/m0/s1. The van der Waals surface area contributed by atoms with Crippen LogP contribution in [0, 0.1) is 0 Å². The van der Waals surface area contributed by atoms with Crippen molar-refractivity contribution in [2.45, 2.75) is 101 Å². The highest BCUT2D eigenvalue weighted by molar-refractivity contribution is 7.12. The van der Waals surface area contributed by atoms with Gasteiger partial charge in [0.2, 0.25) is 17.1 Å². The van der Waals surface area contributed by atoms with Crippen LogP contribution in [0.4, 0.5) is 5.69 Å². The average Bonchev–Trinajstić information content (AvgIpc) is 3.97. The molecule has 6 rings (SSSR count). The molecule has 12 nitrogen and oxygen atoms in total. The number of aliphatic hydroxyl groups is 1. The molecule has 1 saturated carbocycles. The monoisotopic (exact) mass is 908 g/mol. The zero-order chi connectivity index (χ0) is 44.1. The number of anilines is 1. The Bertz CT molecular complexity index is 2310. The van der Waals surface area contributed by atoms with Crippen molar-refractivity contribution in [3.8, 4) is 11.5 Å². The number of amides is 1.